The fraction of sp³-hybridized carbons (Fsp3) is 0.208. The summed E-state index contributed by atoms with van der Waals surface area (Å²) in [6.07, 6.45) is 2.04. The lowest BCUT2D eigenvalue weighted by Gasteiger charge is -2.29. The molecule has 1 N–H and O–H groups in total. The van der Waals surface area contributed by atoms with E-state index in [4.69, 9.17) is 0 Å². The molecule has 9 heteroatoms. The Hall–Kier alpha value is -4.32. The Balaban J connectivity index is 1.52. The van der Waals surface area contributed by atoms with Gasteiger partial charge in [0.1, 0.15) is 17.9 Å². The van der Waals surface area contributed by atoms with Crippen molar-refractivity contribution < 1.29 is 18.8 Å². The first-order chi connectivity index (χ1) is 15.9. The van der Waals surface area contributed by atoms with E-state index >= 15 is 0 Å². The van der Waals surface area contributed by atoms with Gasteiger partial charge in [0.2, 0.25) is 11.8 Å². The number of benzene rings is 2. The zero-order valence-corrected chi connectivity index (χ0v) is 17.6. The monoisotopic (exact) mass is 443 g/mol. The van der Waals surface area contributed by atoms with Crippen molar-refractivity contribution in [1.82, 2.24) is 19.8 Å². The molecule has 33 heavy (non-hydrogen) atoms. The largest absolute Gasteiger partial charge is 0.333 e. The van der Waals surface area contributed by atoms with Crippen LogP contribution in [0.5, 0.6) is 0 Å². The number of nitrogens with one attached hydrogen (secondary N) is 1. The van der Waals surface area contributed by atoms with E-state index in [1.807, 2.05) is 12.1 Å². The summed E-state index contributed by atoms with van der Waals surface area (Å²) in [7, 11) is 1.74. The number of fused-ring (bicyclic) bond motifs is 1. The molecular formula is C24H18FN5O3. The minimum absolute atomic E-state index is 0.0564. The SMILES string of the molecule is Cn1cnc(-c2ccc3c(c2)CN(C2CCC(=O)NC2=O)C3=O)c1-c1cccc(C#N)c1F. The maximum Gasteiger partial charge on any atom is 0.255 e. The number of imide groups is 1. The van der Waals surface area contributed by atoms with Gasteiger partial charge in [0, 0.05) is 36.7 Å². The summed E-state index contributed by atoms with van der Waals surface area (Å²) in [5.41, 5.74) is 3.12. The van der Waals surface area contributed by atoms with E-state index in [1.165, 1.54) is 11.0 Å². The van der Waals surface area contributed by atoms with Crippen molar-refractivity contribution in [1.29, 1.82) is 5.26 Å². The molecule has 3 heterocycles. The van der Waals surface area contributed by atoms with Crippen molar-refractivity contribution >= 4 is 17.7 Å². The number of rotatable bonds is 3. The van der Waals surface area contributed by atoms with E-state index in [-0.39, 0.29) is 42.3 Å². The van der Waals surface area contributed by atoms with Crippen molar-refractivity contribution in [3.05, 3.63) is 65.2 Å². The van der Waals surface area contributed by atoms with Crippen molar-refractivity contribution in [3.8, 4) is 28.6 Å². The molecule has 0 spiro atoms. The lowest BCUT2D eigenvalue weighted by atomic mass is 9.99. The lowest BCUT2D eigenvalue weighted by Crippen LogP contribution is -2.52. The van der Waals surface area contributed by atoms with Gasteiger partial charge in [-0.15, -0.1) is 0 Å². The number of imidazole rings is 1. The predicted octanol–water partition coefficient (Wildman–Crippen LogP) is 2.53. The first-order valence-corrected chi connectivity index (χ1v) is 10.4. The molecule has 164 valence electrons. The Kier molecular flexibility index (Phi) is 4.78. The zero-order chi connectivity index (χ0) is 23.3. The van der Waals surface area contributed by atoms with Gasteiger partial charge in [-0.05, 0) is 36.2 Å². The van der Waals surface area contributed by atoms with Crippen LogP contribution in [0.1, 0.15) is 34.3 Å². The van der Waals surface area contributed by atoms with Crippen LogP contribution in [0.2, 0.25) is 0 Å². The number of hydrogen-bond donors (Lipinski definition) is 1. The molecule has 3 amide bonds. The molecule has 0 bridgehead atoms. The minimum Gasteiger partial charge on any atom is -0.333 e. The van der Waals surface area contributed by atoms with Gasteiger partial charge in [-0.25, -0.2) is 9.37 Å². The fourth-order valence-electron chi connectivity index (χ4n) is 4.48. The molecule has 0 radical (unpaired) electrons. The van der Waals surface area contributed by atoms with Gasteiger partial charge < -0.3 is 9.47 Å². The third kappa shape index (κ3) is 3.27. The Morgan fingerprint density at radius 1 is 1.18 bits per heavy atom. The molecule has 2 aliphatic rings. The highest BCUT2D eigenvalue weighted by atomic mass is 19.1. The minimum atomic E-state index is -0.695. The van der Waals surface area contributed by atoms with Crippen molar-refractivity contribution in [2.75, 3.05) is 0 Å². The van der Waals surface area contributed by atoms with Gasteiger partial charge in [-0.1, -0.05) is 12.1 Å². The lowest BCUT2D eigenvalue weighted by molar-refractivity contribution is -0.136. The van der Waals surface area contributed by atoms with E-state index in [9.17, 15) is 24.0 Å². The number of carbonyl (C=O) groups excluding carboxylic acids is 3. The van der Waals surface area contributed by atoms with Gasteiger partial charge >= 0.3 is 0 Å². The molecule has 5 rings (SSSR count). The second kappa shape index (κ2) is 7.67. The molecule has 0 aliphatic carbocycles. The summed E-state index contributed by atoms with van der Waals surface area (Å²) in [5, 5.41) is 11.5. The Morgan fingerprint density at radius 3 is 2.76 bits per heavy atom. The summed E-state index contributed by atoms with van der Waals surface area (Å²) in [4.78, 5) is 42.6. The number of carbonyl (C=O) groups is 3. The standard InChI is InChI=1S/C24H18FN5O3/c1-29-12-27-21(22(29)17-4-2-3-14(10-26)20(17)25)13-5-6-16-15(9-13)11-30(24(16)33)18-7-8-19(31)28-23(18)32/h2-6,9,12,18H,7-8,11H2,1H3,(H,28,31,32). The number of nitriles is 1. The molecule has 2 aliphatic heterocycles. The van der Waals surface area contributed by atoms with Crippen LogP contribution in [0.3, 0.4) is 0 Å². The van der Waals surface area contributed by atoms with Gasteiger partial charge in [-0.2, -0.15) is 5.26 Å². The highest BCUT2D eigenvalue weighted by Crippen LogP contribution is 2.36. The van der Waals surface area contributed by atoms with Gasteiger partial charge in [-0.3, -0.25) is 19.7 Å². The van der Waals surface area contributed by atoms with E-state index < -0.39 is 17.8 Å². The molecular weight excluding hydrogens is 425 g/mol. The van der Waals surface area contributed by atoms with Crippen LogP contribution in [0.15, 0.2) is 42.7 Å². The Labute approximate surface area is 188 Å². The molecule has 3 aromatic rings. The third-order valence-electron chi connectivity index (χ3n) is 6.11. The number of nitrogens with zero attached hydrogens (tertiary/aromatic N) is 4. The van der Waals surface area contributed by atoms with Crippen LogP contribution >= 0.6 is 0 Å². The number of aryl methyl sites for hydroxylation is 1. The van der Waals surface area contributed by atoms with Gasteiger partial charge in [0.05, 0.1) is 23.3 Å². The van der Waals surface area contributed by atoms with Crippen LogP contribution in [0, 0.1) is 17.1 Å². The average molecular weight is 443 g/mol. The average Bonchev–Trinajstić information content (AvgIpc) is 3.33. The first kappa shape index (κ1) is 20.6. The van der Waals surface area contributed by atoms with Crippen LogP contribution in [-0.4, -0.2) is 38.2 Å². The quantitative estimate of drug-likeness (QED) is 0.626. The molecule has 2 aromatic carbocycles. The van der Waals surface area contributed by atoms with Crippen LogP contribution in [0.4, 0.5) is 4.39 Å². The smallest absolute Gasteiger partial charge is 0.255 e. The third-order valence-corrected chi connectivity index (χ3v) is 6.11. The van der Waals surface area contributed by atoms with Crippen molar-refractivity contribution in [2.24, 2.45) is 7.05 Å². The Morgan fingerprint density at radius 2 is 2.00 bits per heavy atom. The zero-order valence-electron chi connectivity index (χ0n) is 17.6. The predicted molar refractivity (Wildman–Crippen MR) is 115 cm³/mol. The molecule has 1 fully saturated rings. The molecule has 8 nitrogen and oxygen atoms in total. The van der Waals surface area contributed by atoms with Gasteiger partial charge in [0.25, 0.3) is 5.91 Å². The van der Waals surface area contributed by atoms with Crippen LogP contribution in [0.25, 0.3) is 22.5 Å². The number of piperidine rings is 1. The normalized spacial score (nSPS) is 17.7. The second-order valence-corrected chi connectivity index (χ2v) is 8.10. The van der Waals surface area contributed by atoms with E-state index in [2.05, 4.69) is 10.3 Å². The van der Waals surface area contributed by atoms with E-state index in [0.717, 1.165) is 5.56 Å². The Bertz CT molecular complexity index is 1390. The molecule has 1 aromatic heterocycles. The maximum atomic E-state index is 14.9. The highest BCUT2D eigenvalue weighted by molar-refractivity contribution is 6.05. The summed E-state index contributed by atoms with van der Waals surface area (Å²) in [5.74, 6) is -1.68. The van der Waals surface area contributed by atoms with Crippen molar-refractivity contribution in [2.45, 2.75) is 25.4 Å². The van der Waals surface area contributed by atoms with Crippen LogP contribution in [-0.2, 0) is 23.2 Å². The highest BCUT2D eigenvalue weighted by Gasteiger charge is 2.39. The maximum absolute atomic E-state index is 14.9. The topological polar surface area (TPSA) is 108 Å². The molecule has 1 unspecified atom stereocenters. The summed E-state index contributed by atoms with van der Waals surface area (Å²) in [6, 6.07) is 11.0. The number of amides is 3. The fourth-order valence-corrected chi connectivity index (χ4v) is 4.48. The first-order valence-electron chi connectivity index (χ1n) is 10.4. The summed E-state index contributed by atoms with van der Waals surface area (Å²) < 4.78 is 16.6. The molecule has 1 saturated heterocycles. The van der Waals surface area contributed by atoms with Gasteiger partial charge in [0.15, 0.2) is 0 Å². The molecule has 1 atom stereocenters. The summed E-state index contributed by atoms with van der Waals surface area (Å²) in [6.45, 7) is 0.231. The number of halogens is 1. The van der Waals surface area contributed by atoms with Crippen molar-refractivity contribution in [3.63, 3.8) is 0 Å². The number of aromatic nitrogens is 2. The van der Waals surface area contributed by atoms with E-state index in [0.29, 0.717) is 22.5 Å². The molecule has 0 saturated carbocycles. The van der Waals surface area contributed by atoms with Crippen LogP contribution < -0.4 is 5.32 Å². The number of hydrogen-bond acceptors (Lipinski definition) is 5. The summed E-state index contributed by atoms with van der Waals surface area (Å²) >= 11 is 0. The second-order valence-electron chi connectivity index (χ2n) is 8.10. The van der Waals surface area contributed by atoms with E-state index in [1.54, 1.807) is 42.2 Å².